The molecular formula is C14H16N2O. The van der Waals surface area contributed by atoms with Crippen LogP contribution in [-0.4, -0.2) is 9.78 Å². The third-order valence-electron chi connectivity index (χ3n) is 2.78. The lowest BCUT2D eigenvalue weighted by molar-refractivity contribution is 0.682. The largest absolute Gasteiger partial charge is 0.269 e. The van der Waals surface area contributed by atoms with Crippen LogP contribution in [-0.2, 0) is 7.05 Å². The molecule has 0 saturated heterocycles. The van der Waals surface area contributed by atoms with Gasteiger partial charge in [0.05, 0.1) is 5.69 Å². The normalized spacial score (nSPS) is 10.8. The van der Waals surface area contributed by atoms with Gasteiger partial charge in [-0.1, -0.05) is 44.2 Å². The van der Waals surface area contributed by atoms with Gasteiger partial charge in [0.15, 0.2) is 0 Å². The Morgan fingerprint density at radius 3 is 2.41 bits per heavy atom. The van der Waals surface area contributed by atoms with Crippen LogP contribution in [0.3, 0.4) is 0 Å². The zero-order valence-corrected chi connectivity index (χ0v) is 10.3. The predicted octanol–water partition coefficient (Wildman–Crippen LogP) is 2.57. The molecule has 0 spiro atoms. The highest BCUT2D eigenvalue weighted by molar-refractivity contribution is 5.58. The molecule has 0 bridgehead atoms. The van der Waals surface area contributed by atoms with E-state index in [0.717, 1.165) is 16.8 Å². The summed E-state index contributed by atoms with van der Waals surface area (Å²) >= 11 is 0. The van der Waals surface area contributed by atoms with Crippen molar-refractivity contribution in [2.45, 2.75) is 19.8 Å². The van der Waals surface area contributed by atoms with Crippen molar-refractivity contribution >= 4 is 0 Å². The molecule has 0 N–H and O–H groups in total. The summed E-state index contributed by atoms with van der Waals surface area (Å²) in [7, 11) is 1.70. The number of hydrogen-bond donors (Lipinski definition) is 0. The van der Waals surface area contributed by atoms with Crippen LogP contribution in [0.2, 0.25) is 0 Å². The van der Waals surface area contributed by atoms with Crippen LogP contribution in [0.25, 0.3) is 11.3 Å². The first-order valence-electron chi connectivity index (χ1n) is 5.73. The highest BCUT2D eigenvalue weighted by Crippen LogP contribution is 2.18. The van der Waals surface area contributed by atoms with Crippen molar-refractivity contribution in [2.75, 3.05) is 0 Å². The van der Waals surface area contributed by atoms with Crippen molar-refractivity contribution in [3.8, 4) is 11.3 Å². The summed E-state index contributed by atoms with van der Waals surface area (Å²) in [6, 6.07) is 11.8. The second-order valence-electron chi connectivity index (χ2n) is 4.43. The second-order valence-corrected chi connectivity index (χ2v) is 4.43. The molecule has 1 aromatic carbocycles. The average Bonchev–Trinajstić information content (AvgIpc) is 2.33. The summed E-state index contributed by atoms with van der Waals surface area (Å²) in [4.78, 5) is 11.9. The van der Waals surface area contributed by atoms with Gasteiger partial charge in [-0.25, -0.2) is 4.68 Å². The van der Waals surface area contributed by atoms with E-state index in [2.05, 4.69) is 5.10 Å². The van der Waals surface area contributed by atoms with Gasteiger partial charge in [-0.3, -0.25) is 4.79 Å². The van der Waals surface area contributed by atoms with Crippen molar-refractivity contribution in [3.63, 3.8) is 0 Å². The van der Waals surface area contributed by atoms with Gasteiger partial charge in [0.1, 0.15) is 0 Å². The SMILES string of the molecule is CC(C)c1cc(-c2ccccc2)nn(C)c1=O. The molecule has 0 aliphatic heterocycles. The molecule has 3 nitrogen and oxygen atoms in total. The molecule has 2 aromatic rings. The van der Waals surface area contributed by atoms with Crippen LogP contribution in [0.1, 0.15) is 25.3 Å². The summed E-state index contributed by atoms with van der Waals surface area (Å²) in [5.41, 5.74) is 2.67. The van der Waals surface area contributed by atoms with E-state index in [1.54, 1.807) is 7.05 Å². The van der Waals surface area contributed by atoms with Crippen molar-refractivity contribution in [1.29, 1.82) is 0 Å². The van der Waals surface area contributed by atoms with E-state index in [1.807, 2.05) is 50.2 Å². The fraction of sp³-hybridized carbons (Fsp3) is 0.286. The fourth-order valence-electron chi connectivity index (χ4n) is 1.80. The van der Waals surface area contributed by atoms with E-state index >= 15 is 0 Å². The Kier molecular flexibility index (Phi) is 3.09. The van der Waals surface area contributed by atoms with Gasteiger partial charge in [-0.15, -0.1) is 0 Å². The lowest BCUT2D eigenvalue weighted by Gasteiger charge is -2.09. The molecule has 0 aliphatic rings. The van der Waals surface area contributed by atoms with Gasteiger partial charge in [0.25, 0.3) is 5.56 Å². The zero-order chi connectivity index (χ0) is 12.4. The van der Waals surface area contributed by atoms with E-state index in [4.69, 9.17) is 0 Å². The molecule has 0 radical (unpaired) electrons. The molecule has 0 amide bonds. The average molecular weight is 228 g/mol. The second kappa shape index (κ2) is 4.53. The number of hydrogen-bond acceptors (Lipinski definition) is 2. The topological polar surface area (TPSA) is 34.9 Å². The van der Waals surface area contributed by atoms with Gasteiger partial charge in [-0.2, -0.15) is 5.10 Å². The summed E-state index contributed by atoms with van der Waals surface area (Å²) in [6.45, 7) is 4.04. The number of benzene rings is 1. The summed E-state index contributed by atoms with van der Waals surface area (Å²) in [6.07, 6.45) is 0. The van der Waals surface area contributed by atoms with Crippen LogP contribution in [0.5, 0.6) is 0 Å². The first-order chi connectivity index (χ1) is 8.09. The summed E-state index contributed by atoms with van der Waals surface area (Å²) in [5.74, 6) is 0.208. The Hall–Kier alpha value is -1.90. The lowest BCUT2D eigenvalue weighted by atomic mass is 10.0. The molecule has 0 fully saturated rings. The van der Waals surface area contributed by atoms with Crippen LogP contribution >= 0.6 is 0 Å². The quantitative estimate of drug-likeness (QED) is 0.791. The third-order valence-corrected chi connectivity index (χ3v) is 2.78. The molecule has 17 heavy (non-hydrogen) atoms. The van der Waals surface area contributed by atoms with Crippen LogP contribution in [0.15, 0.2) is 41.2 Å². The maximum absolute atomic E-state index is 11.9. The Balaban J connectivity index is 2.62. The van der Waals surface area contributed by atoms with Crippen molar-refractivity contribution in [3.05, 3.63) is 52.3 Å². The molecule has 2 rings (SSSR count). The Morgan fingerprint density at radius 1 is 1.18 bits per heavy atom. The van der Waals surface area contributed by atoms with Crippen molar-refractivity contribution < 1.29 is 0 Å². The van der Waals surface area contributed by atoms with Gasteiger partial charge < -0.3 is 0 Å². The maximum atomic E-state index is 11.9. The Morgan fingerprint density at radius 2 is 1.82 bits per heavy atom. The van der Waals surface area contributed by atoms with Crippen LogP contribution < -0.4 is 5.56 Å². The summed E-state index contributed by atoms with van der Waals surface area (Å²) in [5, 5.41) is 4.29. The fourth-order valence-corrected chi connectivity index (χ4v) is 1.80. The van der Waals surface area contributed by atoms with E-state index in [1.165, 1.54) is 4.68 Å². The van der Waals surface area contributed by atoms with E-state index < -0.39 is 0 Å². The van der Waals surface area contributed by atoms with E-state index in [9.17, 15) is 4.79 Å². The van der Waals surface area contributed by atoms with Crippen LogP contribution in [0, 0.1) is 0 Å². The number of aromatic nitrogens is 2. The molecule has 3 heteroatoms. The standard InChI is InChI=1S/C14H16N2O/c1-10(2)12-9-13(15-16(3)14(12)17)11-7-5-4-6-8-11/h4-10H,1-3H3. The molecule has 0 atom stereocenters. The first kappa shape index (κ1) is 11.6. The summed E-state index contributed by atoms with van der Waals surface area (Å²) < 4.78 is 1.41. The Labute approximate surface area is 101 Å². The maximum Gasteiger partial charge on any atom is 0.269 e. The smallest absolute Gasteiger partial charge is 0.268 e. The zero-order valence-electron chi connectivity index (χ0n) is 10.3. The third kappa shape index (κ3) is 2.28. The lowest BCUT2D eigenvalue weighted by Crippen LogP contribution is -2.24. The Bertz CT molecular complexity index is 571. The molecule has 1 aromatic heterocycles. The number of rotatable bonds is 2. The monoisotopic (exact) mass is 228 g/mol. The van der Waals surface area contributed by atoms with Gasteiger partial charge in [-0.05, 0) is 12.0 Å². The minimum Gasteiger partial charge on any atom is -0.268 e. The van der Waals surface area contributed by atoms with Crippen molar-refractivity contribution in [2.24, 2.45) is 7.05 Å². The van der Waals surface area contributed by atoms with Gasteiger partial charge >= 0.3 is 0 Å². The molecule has 0 aliphatic carbocycles. The molecule has 0 saturated carbocycles. The number of nitrogens with zero attached hydrogens (tertiary/aromatic N) is 2. The van der Waals surface area contributed by atoms with Gasteiger partial charge in [0.2, 0.25) is 0 Å². The molecule has 0 unspecified atom stereocenters. The minimum absolute atomic E-state index is 0.0142. The highest BCUT2D eigenvalue weighted by Gasteiger charge is 2.10. The molecular weight excluding hydrogens is 212 g/mol. The van der Waals surface area contributed by atoms with Crippen LogP contribution in [0.4, 0.5) is 0 Å². The van der Waals surface area contributed by atoms with E-state index in [-0.39, 0.29) is 11.5 Å². The minimum atomic E-state index is -0.0142. The molecule has 1 heterocycles. The first-order valence-corrected chi connectivity index (χ1v) is 5.73. The predicted molar refractivity (Wildman–Crippen MR) is 69.0 cm³/mol. The highest BCUT2D eigenvalue weighted by atomic mass is 16.1. The van der Waals surface area contributed by atoms with Crippen molar-refractivity contribution in [1.82, 2.24) is 9.78 Å². The van der Waals surface area contributed by atoms with Gasteiger partial charge in [0, 0.05) is 18.2 Å². The number of aryl methyl sites for hydroxylation is 1. The van der Waals surface area contributed by atoms with E-state index in [0.29, 0.717) is 0 Å². The molecule has 88 valence electrons.